The molecule has 2 aromatic rings. The number of carbonyl (C=O) groups is 1. The fourth-order valence-electron chi connectivity index (χ4n) is 3.82. The number of amides is 1. The predicted molar refractivity (Wildman–Crippen MR) is 109 cm³/mol. The van der Waals surface area contributed by atoms with Crippen molar-refractivity contribution in [3.05, 3.63) is 70.3 Å². The Balaban J connectivity index is 1.73. The zero-order valence-corrected chi connectivity index (χ0v) is 17.1. The summed E-state index contributed by atoms with van der Waals surface area (Å²) in [5.74, 6) is 0.0226. The van der Waals surface area contributed by atoms with E-state index in [1.807, 2.05) is 18.2 Å². The molecule has 1 aliphatic rings. The molecule has 1 atom stereocenters. The van der Waals surface area contributed by atoms with Crippen LogP contribution in [0.25, 0.3) is 0 Å². The monoisotopic (exact) mass is 367 g/mol. The molecule has 0 unspecified atom stereocenters. The highest BCUT2D eigenvalue weighted by atomic mass is 16.1. The van der Waals surface area contributed by atoms with E-state index < -0.39 is 0 Å². The summed E-state index contributed by atoms with van der Waals surface area (Å²) in [6, 6.07) is 15.0. The third-order valence-electron chi connectivity index (χ3n) is 5.95. The first-order chi connectivity index (χ1) is 12.9. The van der Waals surface area contributed by atoms with E-state index in [1.165, 1.54) is 29.8 Å². The van der Waals surface area contributed by atoms with Crippen molar-refractivity contribution >= 4 is 5.91 Å². The minimum Gasteiger partial charge on any atom is -0.346 e. The number of carbonyl (C=O) groups excluding carboxylic acids is 1. The van der Waals surface area contributed by atoms with Crippen LogP contribution in [0.3, 0.4) is 0 Å². The molecule has 1 aliphatic heterocycles. The van der Waals surface area contributed by atoms with Gasteiger partial charge in [0.2, 0.25) is 0 Å². The molecule has 1 heterocycles. The number of rotatable bonds is 5. The number of hydrogen-bond acceptors (Lipinski definition) is 1. The molecular formula is C23H33N3O+2. The summed E-state index contributed by atoms with van der Waals surface area (Å²) in [6.45, 7) is 11.6. The van der Waals surface area contributed by atoms with Crippen molar-refractivity contribution in [2.24, 2.45) is 0 Å². The Bertz CT molecular complexity index is 777. The number of piperazine rings is 1. The van der Waals surface area contributed by atoms with Crippen molar-refractivity contribution in [1.82, 2.24) is 5.32 Å². The average molecular weight is 368 g/mol. The van der Waals surface area contributed by atoms with Gasteiger partial charge in [0.25, 0.3) is 5.91 Å². The van der Waals surface area contributed by atoms with E-state index in [2.05, 4.69) is 57.4 Å². The van der Waals surface area contributed by atoms with Gasteiger partial charge in [0.1, 0.15) is 32.2 Å². The van der Waals surface area contributed by atoms with Crippen molar-refractivity contribution in [1.29, 1.82) is 0 Å². The second-order valence-corrected chi connectivity index (χ2v) is 8.09. The zero-order chi connectivity index (χ0) is 19.4. The Kier molecular flexibility index (Phi) is 6.30. The van der Waals surface area contributed by atoms with Gasteiger partial charge in [-0.2, -0.15) is 0 Å². The van der Waals surface area contributed by atoms with E-state index in [9.17, 15) is 4.79 Å². The Morgan fingerprint density at radius 1 is 0.963 bits per heavy atom. The quantitative estimate of drug-likeness (QED) is 0.707. The molecule has 1 amide bonds. The van der Waals surface area contributed by atoms with Crippen LogP contribution in [0, 0.1) is 20.8 Å². The lowest BCUT2D eigenvalue weighted by atomic mass is 10.0. The Labute approximate surface area is 163 Å². The lowest BCUT2D eigenvalue weighted by Gasteiger charge is -2.33. The molecule has 1 fully saturated rings. The standard InChI is InChI=1S/C23H31N3O/c1-17-5-8-20(9-6-17)22(26-13-11-25(4)12-14-26)16-24-23(27)21-10-7-18(2)19(3)15-21/h5-10,15,22H,11-14,16H2,1-4H3,(H,24,27)/p+2/t22-/m1/s1. The van der Waals surface area contributed by atoms with Gasteiger partial charge in [-0.25, -0.2) is 0 Å². The van der Waals surface area contributed by atoms with Crippen molar-refractivity contribution < 1.29 is 14.6 Å². The summed E-state index contributed by atoms with van der Waals surface area (Å²) in [5, 5.41) is 3.20. The minimum absolute atomic E-state index is 0.0226. The molecule has 4 nitrogen and oxygen atoms in total. The molecule has 0 radical (unpaired) electrons. The van der Waals surface area contributed by atoms with Crippen LogP contribution in [0.1, 0.15) is 38.7 Å². The molecule has 3 N–H and O–H groups in total. The molecule has 1 saturated heterocycles. The number of benzene rings is 2. The fourth-order valence-corrected chi connectivity index (χ4v) is 3.82. The van der Waals surface area contributed by atoms with E-state index >= 15 is 0 Å². The second kappa shape index (κ2) is 8.68. The first-order valence-corrected chi connectivity index (χ1v) is 10.0. The van der Waals surface area contributed by atoms with E-state index in [4.69, 9.17) is 0 Å². The average Bonchev–Trinajstić information content (AvgIpc) is 2.66. The molecule has 0 saturated carbocycles. The van der Waals surface area contributed by atoms with E-state index in [0.29, 0.717) is 12.6 Å². The third-order valence-corrected chi connectivity index (χ3v) is 5.95. The molecule has 2 aromatic carbocycles. The molecule has 0 bridgehead atoms. The summed E-state index contributed by atoms with van der Waals surface area (Å²) in [6.07, 6.45) is 0. The van der Waals surface area contributed by atoms with Gasteiger partial charge in [-0.05, 0) is 44.0 Å². The molecule has 144 valence electrons. The SMILES string of the molecule is Cc1ccc([C@@H](CNC(=O)c2ccc(C)c(C)c2)[NH+]2CC[NH+](C)CC2)cc1. The van der Waals surface area contributed by atoms with Crippen LogP contribution in [0.15, 0.2) is 42.5 Å². The van der Waals surface area contributed by atoms with Gasteiger partial charge >= 0.3 is 0 Å². The smallest absolute Gasteiger partial charge is 0.251 e. The summed E-state index contributed by atoms with van der Waals surface area (Å²) in [4.78, 5) is 15.9. The predicted octanol–water partition coefficient (Wildman–Crippen LogP) is 0.496. The summed E-state index contributed by atoms with van der Waals surface area (Å²) >= 11 is 0. The maximum atomic E-state index is 12.7. The maximum Gasteiger partial charge on any atom is 0.251 e. The molecule has 3 rings (SSSR count). The third kappa shape index (κ3) is 4.96. The largest absolute Gasteiger partial charge is 0.346 e. The normalized spacial score (nSPS) is 20.9. The zero-order valence-electron chi connectivity index (χ0n) is 17.1. The fraction of sp³-hybridized carbons (Fsp3) is 0.435. The topological polar surface area (TPSA) is 38.0 Å². The number of nitrogens with one attached hydrogen (secondary N) is 3. The number of quaternary nitrogens is 2. The highest BCUT2D eigenvalue weighted by Gasteiger charge is 2.29. The van der Waals surface area contributed by atoms with Crippen molar-refractivity contribution in [3.8, 4) is 0 Å². The van der Waals surface area contributed by atoms with Crippen LogP contribution in [-0.4, -0.2) is 45.7 Å². The van der Waals surface area contributed by atoms with Gasteiger partial charge in [0, 0.05) is 11.1 Å². The van der Waals surface area contributed by atoms with E-state index in [1.54, 1.807) is 9.80 Å². The molecule has 0 aliphatic carbocycles. The van der Waals surface area contributed by atoms with E-state index in [-0.39, 0.29) is 5.91 Å². The lowest BCUT2D eigenvalue weighted by Crippen LogP contribution is -3.27. The highest BCUT2D eigenvalue weighted by molar-refractivity contribution is 5.94. The first kappa shape index (κ1) is 19.6. The van der Waals surface area contributed by atoms with Gasteiger partial charge in [-0.1, -0.05) is 35.9 Å². The number of hydrogen-bond donors (Lipinski definition) is 3. The van der Waals surface area contributed by atoms with Crippen LogP contribution in [0.4, 0.5) is 0 Å². The highest BCUT2D eigenvalue weighted by Crippen LogP contribution is 2.13. The Morgan fingerprint density at radius 2 is 1.63 bits per heavy atom. The maximum absolute atomic E-state index is 12.7. The van der Waals surface area contributed by atoms with Crippen LogP contribution in [-0.2, 0) is 0 Å². The summed E-state index contributed by atoms with van der Waals surface area (Å²) in [7, 11) is 2.26. The van der Waals surface area contributed by atoms with Gasteiger partial charge < -0.3 is 15.1 Å². The van der Waals surface area contributed by atoms with Gasteiger partial charge in [-0.3, -0.25) is 4.79 Å². The second-order valence-electron chi connectivity index (χ2n) is 8.09. The van der Waals surface area contributed by atoms with E-state index in [0.717, 1.165) is 24.2 Å². The van der Waals surface area contributed by atoms with Crippen LogP contribution < -0.4 is 15.1 Å². The molecular weight excluding hydrogens is 334 g/mol. The van der Waals surface area contributed by atoms with Crippen LogP contribution >= 0.6 is 0 Å². The minimum atomic E-state index is 0.0226. The molecule has 0 spiro atoms. The summed E-state index contributed by atoms with van der Waals surface area (Å²) in [5.41, 5.74) is 5.71. The Hall–Kier alpha value is -2.17. The Morgan fingerprint density at radius 3 is 2.26 bits per heavy atom. The first-order valence-electron chi connectivity index (χ1n) is 10.0. The molecule has 0 aromatic heterocycles. The molecule has 27 heavy (non-hydrogen) atoms. The van der Waals surface area contributed by atoms with Crippen LogP contribution in [0.5, 0.6) is 0 Å². The van der Waals surface area contributed by atoms with Gasteiger partial charge in [0.05, 0.1) is 13.6 Å². The lowest BCUT2D eigenvalue weighted by molar-refractivity contribution is -1.02. The van der Waals surface area contributed by atoms with Crippen molar-refractivity contribution in [2.45, 2.75) is 26.8 Å². The number of likely N-dealkylation sites (N-methyl/N-ethyl adjacent to an activating group) is 1. The summed E-state index contributed by atoms with van der Waals surface area (Å²) < 4.78 is 0. The number of aryl methyl sites for hydroxylation is 3. The molecule has 4 heteroatoms. The van der Waals surface area contributed by atoms with Gasteiger partial charge in [-0.15, -0.1) is 0 Å². The van der Waals surface area contributed by atoms with Gasteiger partial charge in [0.15, 0.2) is 0 Å². The van der Waals surface area contributed by atoms with Crippen molar-refractivity contribution in [3.63, 3.8) is 0 Å². The van der Waals surface area contributed by atoms with Crippen LogP contribution in [0.2, 0.25) is 0 Å². The van der Waals surface area contributed by atoms with Crippen molar-refractivity contribution in [2.75, 3.05) is 39.8 Å².